The van der Waals surface area contributed by atoms with E-state index in [0.717, 1.165) is 28.2 Å². The van der Waals surface area contributed by atoms with Gasteiger partial charge in [0.2, 0.25) is 0 Å². The van der Waals surface area contributed by atoms with Crippen LogP contribution in [0.3, 0.4) is 0 Å². The summed E-state index contributed by atoms with van der Waals surface area (Å²) in [5.74, 6) is 0.794. The fourth-order valence-corrected chi connectivity index (χ4v) is 4.50. The first-order valence-electron chi connectivity index (χ1n) is 9.09. The molecule has 0 radical (unpaired) electrons. The van der Waals surface area contributed by atoms with Gasteiger partial charge < -0.3 is 10.3 Å². The summed E-state index contributed by atoms with van der Waals surface area (Å²) in [6, 6.07) is 20.6. The molecule has 132 valence electrons. The molecule has 0 bridgehead atoms. The third kappa shape index (κ3) is 3.20. The number of nitrogens with one attached hydrogen (secondary N) is 2. The Bertz CT molecular complexity index is 1130. The topological polar surface area (TPSA) is 64.5 Å². The second-order valence-corrected chi connectivity index (χ2v) is 8.05. The van der Waals surface area contributed by atoms with Crippen LogP contribution >= 0.6 is 11.3 Å². The summed E-state index contributed by atoms with van der Waals surface area (Å²) in [4.78, 5) is 10.1. The molecule has 27 heavy (non-hydrogen) atoms. The third-order valence-electron chi connectivity index (χ3n) is 5.00. The van der Waals surface area contributed by atoms with Crippen molar-refractivity contribution in [3.8, 4) is 16.5 Å². The van der Waals surface area contributed by atoms with Crippen molar-refractivity contribution in [1.82, 2.24) is 9.97 Å². The molecule has 1 aliphatic carbocycles. The van der Waals surface area contributed by atoms with Gasteiger partial charge >= 0.3 is 0 Å². The second kappa shape index (κ2) is 6.57. The molecule has 4 aromatic rings. The van der Waals surface area contributed by atoms with Gasteiger partial charge in [0.05, 0.1) is 23.4 Å². The molecule has 4 nitrogen and oxygen atoms in total. The highest BCUT2D eigenvalue weighted by molar-refractivity contribution is 7.15. The van der Waals surface area contributed by atoms with Gasteiger partial charge in [-0.2, -0.15) is 5.26 Å². The van der Waals surface area contributed by atoms with Gasteiger partial charge in [0.15, 0.2) is 0 Å². The Hall–Kier alpha value is -3.10. The molecule has 2 aromatic carbocycles. The Morgan fingerprint density at radius 2 is 1.96 bits per heavy atom. The number of nitrogens with zero attached hydrogens (tertiary/aromatic N) is 2. The lowest BCUT2D eigenvalue weighted by molar-refractivity contribution is 0.999. The minimum absolute atomic E-state index is 0.398. The molecule has 2 heterocycles. The lowest BCUT2D eigenvalue weighted by Gasteiger charge is -2.14. The van der Waals surface area contributed by atoms with Crippen LogP contribution < -0.4 is 5.32 Å². The van der Waals surface area contributed by atoms with Crippen LogP contribution in [0.5, 0.6) is 0 Å². The number of fused-ring (bicyclic) bond motifs is 1. The number of imidazole rings is 1. The van der Waals surface area contributed by atoms with Gasteiger partial charge in [-0.3, -0.25) is 0 Å². The number of hydrogen-bond donors (Lipinski definition) is 2. The molecule has 2 N–H and O–H groups in total. The Morgan fingerprint density at radius 3 is 2.74 bits per heavy atom. The number of rotatable bonds is 5. The van der Waals surface area contributed by atoms with Gasteiger partial charge in [0, 0.05) is 15.4 Å². The van der Waals surface area contributed by atoms with Crippen LogP contribution in [-0.2, 0) is 0 Å². The highest BCUT2D eigenvalue weighted by Crippen LogP contribution is 2.45. The second-order valence-electron chi connectivity index (χ2n) is 6.94. The Morgan fingerprint density at radius 1 is 1.11 bits per heavy atom. The van der Waals surface area contributed by atoms with Gasteiger partial charge in [-0.1, -0.05) is 24.3 Å². The molecule has 1 fully saturated rings. The molecular formula is C22H18N4S. The van der Waals surface area contributed by atoms with Crippen LogP contribution in [0.1, 0.15) is 35.2 Å². The van der Waals surface area contributed by atoms with Crippen molar-refractivity contribution < 1.29 is 0 Å². The largest absolute Gasteiger partial charge is 0.366 e. The number of thiophene rings is 1. The number of aromatic nitrogens is 2. The first-order chi connectivity index (χ1) is 13.3. The monoisotopic (exact) mass is 370 g/mol. The number of anilines is 1. The SMILES string of the molecule is N#CC(Nc1ccc2nc[nH]c2c1)c1ccc(-c2ccc(C3CC3)s2)cc1. The van der Waals surface area contributed by atoms with E-state index < -0.39 is 6.04 Å². The first-order valence-corrected chi connectivity index (χ1v) is 9.91. The molecule has 5 heteroatoms. The van der Waals surface area contributed by atoms with Crippen molar-refractivity contribution in [2.45, 2.75) is 24.8 Å². The van der Waals surface area contributed by atoms with Gasteiger partial charge in [-0.05, 0) is 60.2 Å². The zero-order chi connectivity index (χ0) is 18.2. The summed E-state index contributed by atoms with van der Waals surface area (Å²) in [7, 11) is 0. The van der Waals surface area contributed by atoms with Crippen LogP contribution in [0.15, 0.2) is 60.9 Å². The molecule has 5 rings (SSSR count). The van der Waals surface area contributed by atoms with Crippen LogP contribution in [0.2, 0.25) is 0 Å². The molecule has 0 aliphatic heterocycles. The van der Waals surface area contributed by atoms with Crippen LogP contribution in [0.4, 0.5) is 5.69 Å². The van der Waals surface area contributed by atoms with E-state index in [1.807, 2.05) is 41.7 Å². The fourth-order valence-electron chi connectivity index (χ4n) is 3.32. The van der Waals surface area contributed by atoms with Crippen molar-refractivity contribution in [1.29, 1.82) is 5.26 Å². The number of benzene rings is 2. The van der Waals surface area contributed by atoms with E-state index in [4.69, 9.17) is 0 Å². The maximum absolute atomic E-state index is 9.64. The van der Waals surface area contributed by atoms with Crippen LogP contribution in [0.25, 0.3) is 21.5 Å². The molecular weight excluding hydrogens is 352 g/mol. The average molecular weight is 370 g/mol. The minimum atomic E-state index is -0.398. The predicted molar refractivity (Wildman–Crippen MR) is 110 cm³/mol. The molecule has 0 spiro atoms. The van der Waals surface area contributed by atoms with E-state index in [0.29, 0.717) is 0 Å². The van der Waals surface area contributed by atoms with E-state index in [9.17, 15) is 5.26 Å². The van der Waals surface area contributed by atoms with Crippen molar-refractivity contribution in [2.24, 2.45) is 0 Å². The van der Waals surface area contributed by atoms with Gasteiger partial charge in [0.1, 0.15) is 6.04 Å². The molecule has 1 aliphatic rings. The Balaban J connectivity index is 1.36. The normalized spacial score (nSPS) is 14.8. The Labute approximate surface area is 161 Å². The van der Waals surface area contributed by atoms with Crippen molar-refractivity contribution in [3.63, 3.8) is 0 Å². The smallest absolute Gasteiger partial charge is 0.140 e. The number of H-pyrrole nitrogens is 1. The lowest BCUT2D eigenvalue weighted by atomic mass is 10.0. The third-order valence-corrected chi connectivity index (χ3v) is 6.29. The van der Waals surface area contributed by atoms with Crippen LogP contribution in [0, 0.1) is 11.3 Å². The van der Waals surface area contributed by atoms with Gasteiger partial charge in [-0.25, -0.2) is 4.98 Å². The minimum Gasteiger partial charge on any atom is -0.366 e. The predicted octanol–water partition coefficient (Wildman–Crippen LogP) is 5.85. The standard InChI is InChI=1S/C22H18N4S/c23-12-20(26-17-7-8-18-19(11-17)25-13-24-18)14-1-3-15(4-2-14)21-9-10-22(27-21)16-5-6-16/h1-4,7-11,13,16,20,26H,5-6H2,(H,24,25). The van der Waals surface area contributed by atoms with Gasteiger partial charge in [0.25, 0.3) is 0 Å². The number of hydrogen-bond acceptors (Lipinski definition) is 4. The Kier molecular flexibility index (Phi) is 3.92. The first kappa shape index (κ1) is 16.1. The number of aromatic amines is 1. The molecule has 1 atom stereocenters. The summed E-state index contributed by atoms with van der Waals surface area (Å²) < 4.78 is 0. The highest BCUT2D eigenvalue weighted by Gasteiger charge is 2.25. The van der Waals surface area contributed by atoms with Crippen molar-refractivity contribution in [2.75, 3.05) is 5.32 Å². The fraction of sp³-hybridized carbons (Fsp3) is 0.182. The van der Waals surface area contributed by atoms with Gasteiger partial charge in [-0.15, -0.1) is 11.3 Å². The zero-order valence-electron chi connectivity index (χ0n) is 14.6. The van der Waals surface area contributed by atoms with E-state index in [2.05, 4.69) is 45.6 Å². The lowest BCUT2D eigenvalue weighted by Crippen LogP contribution is -2.08. The van der Waals surface area contributed by atoms with E-state index >= 15 is 0 Å². The molecule has 2 aromatic heterocycles. The number of nitriles is 1. The van der Waals surface area contributed by atoms with Crippen molar-refractivity contribution in [3.05, 3.63) is 71.4 Å². The summed E-state index contributed by atoms with van der Waals surface area (Å²) in [6.45, 7) is 0. The van der Waals surface area contributed by atoms with Crippen molar-refractivity contribution >= 4 is 28.1 Å². The summed E-state index contributed by atoms with van der Waals surface area (Å²) in [5.41, 5.74) is 4.95. The zero-order valence-corrected chi connectivity index (χ0v) is 15.5. The summed E-state index contributed by atoms with van der Waals surface area (Å²) >= 11 is 1.89. The molecule has 1 saturated carbocycles. The highest BCUT2D eigenvalue weighted by atomic mass is 32.1. The van der Waals surface area contributed by atoms with E-state index in [-0.39, 0.29) is 0 Å². The van der Waals surface area contributed by atoms with E-state index in [1.54, 1.807) is 6.33 Å². The maximum Gasteiger partial charge on any atom is 0.140 e. The molecule has 0 saturated heterocycles. The molecule has 0 amide bonds. The molecule has 1 unspecified atom stereocenters. The summed E-state index contributed by atoms with van der Waals surface area (Å²) in [5, 5.41) is 12.9. The van der Waals surface area contributed by atoms with Crippen LogP contribution in [-0.4, -0.2) is 9.97 Å². The average Bonchev–Trinajstić information content (AvgIpc) is 3.25. The van der Waals surface area contributed by atoms with E-state index in [1.165, 1.54) is 28.2 Å². The summed E-state index contributed by atoms with van der Waals surface area (Å²) in [6.07, 6.45) is 4.34. The quantitative estimate of drug-likeness (QED) is 0.463. The maximum atomic E-state index is 9.64.